The van der Waals surface area contributed by atoms with E-state index < -0.39 is 0 Å². The molecule has 1 aliphatic rings. The number of amides is 1. The monoisotopic (exact) mass is 301 g/mol. The zero-order valence-corrected chi connectivity index (χ0v) is 12.9. The van der Waals surface area contributed by atoms with Gasteiger partial charge in [0.1, 0.15) is 4.88 Å². The number of aryl methyl sites for hydroxylation is 1. The molecule has 1 fully saturated rings. The number of carbonyl (C=O) groups excluding carboxylic acids is 1. The first-order valence-corrected chi connectivity index (χ1v) is 8.03. The fraction of sp³-hybridized carbons (Fsp3) is 0.375. The summed E-state index contributed by atoms with van der Waals surface area (Å²) in [7, 11) is 0. The van der Waals surface area contributed by atoms with Crippen LogP contribution in [-0.4, -0.2) is 30.5 Å². The van der Waals surface area contributed by atoms with Gasteiger partial charge in [-0.3, -0.25) is 4.79 Å². The van der Waals surface area contributed by atoms with Crippen molar-refractivity contribution >= 4 is 17.2 Å². The molecule has 110 valence electrons. The Hall–Kier alpha value is -1.72. The van der Waals surface area contributed by atoms with Crippen molar-refractivity contribution in [3.8, 4) is 0 Å². The van der Waals surface area contributed by atoms with Crippen LogP contribution in [-0.2, 0) is 6.42 Å². The molecular weight excluding hydrogens is 282 g/mol. The summed E-state index contributed by atoms with van der Waals surface area (Å²) in [6, 6.07) is 10.2. The summed E-state index contributed by atoms with van der Waals surface area (Å²) in [6.45, 7) is 4.66. The van der Waals surface area contributed by atoms with Crippen molar-refractivity contribution in [2.24, 2.45) is 5.92 Å². The van der Waals surface area contributed by atoms with E-state index in [4.69, 9.17) is 0 Å². The molecule has 1 amide bonds. The van der Waals surface area contributed by atoms with Crippen LogP contribution in [0.15, 0.2) is 30.3 Å². The maximum atomic E-state index is 12.2. The van der Waals surface area contributed by atoms with Crippen molar-refractivity contribution in [3.05, 3.63) is 51.5 Å². The van der Waals surface area contributed by atoms with Crippen molar-refractivity contribution in [2.45, 2.75) is 13.3 Å². The molecule has 2 N–H and O–H groups in total. The Morgan fingerprint density at radius 2 is 2.14 bits per heavy atom. The second-order valence-corrected chi connectivity index (χ2v) is 6.50. The molecule has 0 unspecified atom stereocenters. The van der Waals surface area contributed by atoms with Gasteiger partial charge >= 0.3 is 0 Å². The first kappa shape index (κ1) is 14.2. The quantitative estimate of drug-likeness (QED) is 0.888. The lowest BCUT2D eigenvalue weighted by Crippen LogP contribution is -2.48. The standard InChI is InChI=1S/C16H19N3OS/c1-11-15(16(20)18-10-13-8-17-9-13)21-14(19-11)7-12-5-3-2-4-6-12/h2-6,13,17H,7-10H2,1H3,(H,18,20). The number of aromatic nitrogens is 1. The first-order valence-electron chi connectivity index (χ1n) is 7.21. The summed E-state index contributed by atoms with van der Waals surface area (Å²) in [4.78, 5) is 17.5. The zero-order valence-electron chi connectivity index (χ0n) is 12.1. The highest BCUT2D eigenvalue weighted by Crippen LogP contribution is 2.21. The number of hydrogen-bond donors (Lipinski definition) is 2. The highest BCUT2D eigenvalue weighted by atomic mass is 32.1. The number of rotatable bonds is 5. The van der Waals surface area contributed by atoms with Gasteiger partial charge in [0.05, 0.1) is 10.7 Å². The van der Waals surface area contributed by atoms with E-state index in [-0.39, 0.29) is 5.91 Å². The van der Waals surface area contributed by atoms with Gasteiger partial charge in [0.2, 0.25) is 0 Å². The van der Waals surface area contributed by atoms with Crippen LogP contribution in [0.1, 0.15) is 25.9 Å². The van der Waals surface area contributed by atoms with Crippen molar-refractivity contribution in [3.63, 3.8) is 0 Å². The Morgan fingerprint density at radius 1 is 1.38 bits per heavy atom. The van der Waals surface area contributed by atoms with Gasteiger partial charge in [0.25, 0.3) is 5.91 Å². The van der Waals surface area contributed by atoms with E-state index in [0.29, 0.717) is 5.92 Å². The van der Waals surface area contributed by atoms with Crippen LogP contribution < -0.4 is 10.6 Å². The van der Waals surface area contributed by atoms with E-state index in [0.717, 1.165) is 41.6 Å². The van der Waals surface area contributed by atoms with Crippen LogP contribution >= 0.6 is 11.3 Å². The van der Waals surface area contributed by atoms with Crippen LogP contribution in [0, 0.1) is 12.8 Å². The van der Waals surface area contributed by atoms with Crippen molar-refractivity contribution in [1.82, 2.24) is 15.6 Å². The summed E-state index contributed by atoms with van der Waals surface area (Å²) in [6.07, 6.45) is 0.784. The van der Waals surface area contributed by atoms with E-state index in [2.05, 4.69) is 27.8 Å². The Bertz CT molecular complexity index is 620. The Morgan fingerprint density at radius 3 is 2.81 bits per heavy atom. The van der Waals surface area contributed by atoms with E-state index >= 15 is 0 Å². The van der Waals surface area contributed by atoms with Gasteiger partial charge in [-0.2, -0.15) is 0 Å². The summed E-state index contributed by atoms with van der Waals surface area (Å²) in [5, 5.41) is 7.21. The molecule has 1 aromatic heterocycles. The zero-order chi connectivity index (χ0) is 14.7. The summed E-state index contributed by atoms with van der Waals surface area (Å²) in [5.74, 6) is 0.585. The fourth-order valence-corrected chi connectivity index (χ4v) is 3.33. The van der Waals surface area contributed by atoms with Crippen molar-refractivity contribution in [2.75, 3.05) is 19.6 Å². The second-order valence-electron chi connectivity index (χ2n) is 5.42. The topological polar surface area (TPSA) is 54.0 Å². The van der Waals surface area contributed by atoms with Gasteiger partial charge in [-0.15, -0.1) is 11.3 Å². The number of carbonyl (C=O) groups is 1. The van der Waals surface area contributed by atoms with Crippen LogP contribution in [0.5, 0.6) is 0 Å². The van der Waals surface area contributed by atoms with E-state index in [1.165, 1.54) is 16.9 Å². The molecule has 1 aromatic carbocycles. The van der Waals surface area contributed by atoms with Crippen LogP contribution in [0.4, 0.5) is 0 Å². The van der Waals surface area contributed by atoms with E-state index in [1.54, 1.807) is 0 Å². The predicted octanol–water partition coefficient (Wildman–Crippen LogP) is 1.99. The molecule has 0 bridgehead atoms. The van der Waals surface area contributed by atoms with Gasteiger partial charge in [-0.25, -0.2) is 4.98 Å². The fourth-order valence-electron chi connectivity index (χ4n) is 2.32. The Labute approximate surface area is 128 Å². The van der Waals surface area contributed by atoms with Gasteiger partial charge in [-0.1, -0.05) is 30.3 Å². The molecule has 1 aliphatic heterocycles. The normalized spacial score (nSPS) is 14.7. The molecule has 0 radical (unpaired) electrons. The van der Waals surface area contributed by atoms with Gasteiger partial charge in [0.15, 0.2) is 0 Å². The summed E-state index contributed by atoms with van der Waals surface area (Å²) < 4.78 is 0. The third kappa shape index (κ3) is 3.49. The van der Waals surface area contributed by atoms with E-state index in [9.17, 15) is 4.79 Å². The molecule has 0 aliphatic carbocycles. The minimum atomic E-state index is 0.0104. The smallest absolute Gasteiger partial charge is 0.263 e. The molecule has 4 nitrogen and oxygen atoms in total. The molecule has 0 saturated carbocycles. The predicted molar refractivity (Wildman–Crippen MR) is 84.8 cm³/mol. The summed E-state index contributed by atoms with van der Waals surface area (Å²) in [5.41, 5.74) is 2.05. The van der Waals surface area contributed by atoms with Gasteiger partial charge in [-0.05, 0) is 12.5 Å². The maximum absolute atomic E-state index is 12.2. The molecule has 1 saturated heterocycles. The second kappa shape index (κ2) is 6.37. The van der Waals surface area contributed by atoms with Gasteiger partial charge < -0.3 is 10.6 Å². The molecule has 0 atom stereocenters. The number of nitrogens with one attached hydrogen (secondary N) is 2. The Balaban J connectivity index is 1.64. The lowest BCUT2D eigenvalue weighted by molar-refractivity contribution is 0.0945. The molecule has 0 spiro atoms. The molecule has 2 aromatic rings. The van der Waals surface area contributed by atoms with E-state index in [1.807, 2.05) is 25.1 Å². The maximum Gasteiger partial charge on any atom is 0.263 e. The van der Waals surface area contributed by atoms with Gasteiger partial charge in [0, 0.05) is 32.0 Å². The minimum Gasteiger partial charge on any atom is -0.351 e. The number of benzene rings is 1. The molecular formula is C16H19N3OS. The lowest BCUT2D eigenvalue weighted by atomic mass is 10.0. The minimum absolute atomic E-state index is 0.0104. The van der Waals surface area contributed by atoms with Crippen molar-refractivity contribution < 1.29 is 4.79 Å². The molecule has 2 heterocycles. The number of hydrogen-bond acceptors (Lipinski definition) is 4. The highest BCUT2D eigenvalue weighted by molar-refractivity contribution is 7.13. The highest BCUT2D eigenvalue weighted by Gasteiger charge is 2.20. The molecule has 5 heteroatoms. The summed E-state index contributed by atoms with van der Waals surface area (Å²) >= 11 is 1.50. The first-order chi connectivity index (χ1) is 10.2. The van der Waals surface area contributed by atoms with Crippen LogP contribution in [0.2, 0.25) is 0 Å². The largest absolute Gasteiger partial charge is 0.351 e. The van der Waals surface area contributed by atoms with Crippen LogP contribution in [0.3, 0.4) is 0 Å². The molecule has 3 rings (SSSR count). The van der Waals surface area contributed by atoms with Crippen molar-refractivity contribution in [1.29, 1.82) is 0 Å². The number of thiazole rings is 1. The third-order valence-electron chi connectivity index (χ3n) is 3.66. The lowest BCUT2D eigenvalue weighted by Gasteiger charge is -2.26. The third-order valence-corrected chi connectivity index (χ3v) is 4.82. The average Bonchev–Trinajstić information content (AvgIpc) is 2.79. The van der Waals surface area contributed by atoms with Crippen LogP contribution in [0.25, 0.3) is 0 Å². The Kier molecular flexibility index (Phi) is 4.31. The number of nitrogens with zero attached hydrogens (tertiary/aromatic N) is 1. The molecule has 21 heavy (non-hydrogen) atoms. The SMILES string of the molecule is Cc1nc(Cc2ccccc2)sc1C(=O)NCC1CNC1. The average molecular weight is 301 g/mol.